The number of halogens is 2. The molecule has 2 aromatic carbocycles. The molecule has 0 bridgehead atoms. The summed E-state index contributed by atoms with van der Waals surface area (Å²) >= 11 is 0. The Hall–Kier alpha value is -2.34. The van der Waals surface area contributed by atoms with Crippen LogP contribution in [-0.2, 0) is 0 Å². The highest BCUT2D eigenvalue weighted by Crippen LogP contribution is 2.21. The van der Waals surface area contributed by atoms with Crippen LogP contribution < -0.4 is 5.32 Å². The van der Waals surface area contributed by atoms with E-state index in [9.17, 15) is 8.78 Å². The van der Waals surface area contributed by atoms with E-state index in [2.05, 4.69) is 17.2 Å². The topological polar surface area (TPSA) is 12.0 Å². The van der Waals surface area contributed by atoms with Gasteiger partial charge in [0.05, 0.1) is 6.54 Å². The van der Waals surface area contributed by atoms with Crippen LogP contribution in [0.25, 0.3) is 0 Å². The summed E-state index contributed by atoms with van der Waals surface area (Å²) in [5.74, 6) is 4.57. The number of benzene rings is 2. The molecule has 0 amide bonds. The molecule has 0 fully saturated rings. The lowest BCUT2D eigenvalue weighted by atomic mass is 10.2. The summed E-state index contributed by atoms with van der Waals surface area (Å²) in [4.78, 5) is 0. The fraction of sp³-hybridized carbons (Fsp3) is 0.125. The van der Waals surface area contributed by atoms with E-state index < -0.39 is 11.6 Å². The number of hydrogen-bond donors (Lipinski definition) is 1. The van der Waals surface area contributed by atoms with Gasteiger partial charge in [-0.05, 0) is 30.7 Å². The quantitative estimate of drug-likeness (QED) is 0.808. The average Bonchev–Trinajstić information content (AvgIpc) is 2.43. The van der Waals surface area contributed by atoms with E-state index in [0.29, 0.717) is 5.56 Å². The van der Waals surface area contributed by atoms with Gasteiger partial charge in [-0.25, -0.2) is 8.78 Å². The Balaban J connectivity index is 2.05. The van der Waals surface area contributed by atoms with Gasteiger partial charge in [-0.1, -0.05) is 36.1 Å². The van der Waals surface area contributed by atoms with Gasteiger partial charge >= 0.3 is 0 Å². The largest absolute Gasteiger partial charge is 0.369 e. The molecule has 0 aliphatic rings. The van der Waals surface area contributed by atoms with Crippen LogP contribution in [0.5, 0.6) is 0 Å². The van der Waals surface area contributed by atoms with Gasteiger partial charge in [0.15, 0.2) is 5.82 Å². The third kappa shape index (κ3) is 3.32. The van der Waals surface area contributed by atoms with Crippen molar-refractivity contribution >= 4 is 5.69 Å². The normalized spacial score (nSPS) is 9.63. The summed E-state index contributed by atoms with van der Waals surface area (Å²) in [5, 5.41) is 2.67. The highest BCUT2D eigenvalue weighted by atomic mass is 19.1. The molecule has 2 aromatic rings. The molecule has 1 N–H and O–H groups in total. The first-order valence-electron chi connectivity index (χ1n) is 5.91. The molecule has 0 unspecified atom stereocenters. The molecule has 2 rings (SSSR count). The smallest absolute Gasteiger partial charge is 0.152 e. The Labute approximate surface area is 111 Å². The van der Waals surface area contributed by atoms with Crippen LogP contribution in [0.1, 0.15) is 11.1 Å². The number of hydrogen-bond acceptors (Lipinski definition) is 1. The minimum atomic E-state index is -0.607. The number of aryl methyl sites for hydroxylation is 1. The van der Waals surface area contributed by atoms with Crippen LogP contribution in [0.2, 0.25) is 0 Å². The Morgan fingerprint density at radius 2 is 1.79 bits per heavy atom. The highest BCUT2D eigenvalue weighted by Gasteiger charge is 2.09. The second-order valence-electron chi connectivity index (χ2n) is 4.07. The number of rotatable bonds is 2. The monoisotopic (exact) mass is 257 g/mol. The molecule has 3 heteroatoms. The standard InChI is InChI=1S/C16H13F2N/c1-12-9-10-14(17)16(15(12)18)19-11-5-8-13-6-3-2-4-7-13/h2-4,6-7,9-10,19H,11H2,1H3. The second kappa shape index (κ2) is 6.01. The SMILES string of the molecule is Cc1ccc(F)c(NCC#Cc2ccccc2)c1F. The van der Waals surface area contributed by atoms with Crippen LogP contribution in [0.3, 0.4) is 0 Å². The van der Waals surface area contributed by atoms with Gasteiger partial charge in [-0.15, -0.1) is 0 Å². The maximum atomic E-state index is 13.7. The lowest BCUT2D eigenvalue weighted by Crippen LogP contribution is -2.05. The van der Waals surface area contributed by atoms with Crippen molar-refractivity contribution in [1.82, 2.24) is 0 Å². The second-order valence-corrected chi connectivity index (χ2v) is 4.07. The predicted octanol–water partition coefficient (Wildman–Crippen LogP) is 3.74. The van der Waals surface area contributed by atoms with Crippen molar-refractivity contribution in [1.29, 1.82) is 0 Å². The van der Waals surface area contributed by atoms with Gasteiger partial charge in [0, 0.05) is 5.56 Å². The molecule has 19 heavy (non-hydrogen) atoms. The van der Waals surface area contributed by atoms with E-state index in [-0.39, 0.29) is 12.2 Å². The Morgan fingerprint density at radius 1 is 1.05 bits per heavy atom. The van der Waals surface area contributed by atoms with Crippen molar-refractivity contribution in [3.8, 4) is 11.8 Å². The summed E-state index contributed by atoms with van der Waals surface area (Å²) in [6.45, 7) is 1.78. The predicted molar refractivity (Wildman–Crippen MR) is 72.9 cm³/mol. The fourth-order valence-electron chi connectivity index (χ4n) is 1.62. The summed E-state index contributed by atoms with van der Waals surface area (Å²) in [6, 6.07) is 12.1. The molecule has 0 heterocycles. The third-order valence-corrected chi connectivity index (χ3v) is 2.64. The van der Waals surface area contributed by atoms with Crippen LogP contribution in [0.15, 0.2) is 42.5 Å². The van der Waals surface area contributed by atoms with Gasteiger partial charge in [0.25, 0.3) is 0 Å². The first-order chi connectivity index (χ1) is 9.18. The van der Waals surface area contributed by atoms with Gasteiger partial charge in [0.2, 0.25) is 0 Å². The Kier molecular flexibility index (Phi) is 4.15. The first kappa shape index (κ1) is 13.1. The van der Waals surface area contributed by atoms with Crippen LogP contribution in [-0.4, -0.2) is 6.54 Å². The fourth-order valence-corrected chi connectivity index (χ4v) is 1.62. The maximum Gasteiger partial charge on any atom is 0.152 e. The minimum absolute atomic E-state index is 0.123. The molecule has 0 aliphatic carbocycles. The van der Waals surface area contributed by atoms with Crippen molar-refractivity contribution < 1.29 is 8.78 Å². The van der Waals surface area contributed by atoms with Gasteiger partial charge in [-0.3, -0.25) is 0 Å². The molecule has 0 aromatic heterocycles. The molecule has 0 saturated heterocycles. The maximum absolute atomic E-state index is 13.7. The lowest BCUT2D eigenvalue weighted by Gasteiger charge is -2.07. The minimum Gasteiger partial charge on any atom is -0.369 e. The third-order valence-electron chi connectivity index (χ3n) is 2.64. The van der Waals surface area contributed by atoms with Crippen molar-refractivity contribution in [2.24, 2.45) is 0 Å². The molecule has 0 spiro atoms. The molecule has 0 aliphatic heterocycles. The molecule has 1 nitrogen and oxygen atoms in total. The lowest BCUT2D eigenvalue weighted by molar-refractivity contribution is 0.583. The number of anilines is 1. The zero-order chi connectivity index (χ0) is 13.7. The van der Waals surface area contributed by atoms with Crippen molar-refractivity contribution in [3.05, 3.63) is 65.2 Å². The average molecular weight is 257 g/mol. The Morgan fingerprint density at radius 3 is 2.53 bits per heavy atom. The summed E-state index contributed by atoms with van der Waals surface area (Å²) in [6.07, 6.45) is 0. The van der Waals surface area contributed by atoms with E-state index in [1.54, 1.807) is 6.92 Å². The van der Waals surface area contributed by atoms with Gasteiger partial charge < -0.3 is 5.32 Å². The molecule has 0 radical (unpaired) electrons. The van der Waals surface area contributed by atoms with Gasteiger partial charge in [-0.2, -0.15) is 0 Å². The van der Waals surface area contributed by atoms with Gasteiger partial charge in [0.1, 0.15) is 11.5 Å². The van der Waals surface area contributed by atoms with E-state index in [1.807, 2.05) is 30.3 Å². The molecular weight excluding hydrogens is 244 g/mol. The van der Waals surface area contributed by atoms with Crippen molar-refractivity contribution in [2.45, 2.75) is 6.92 Å². The van der Waals surface area contributed by atoms with Crippen LogP contribution >= 0.6 is 0 Å². The summed E-state index contributed by atoms with van der Waals surface area (Å²) in [7, 11) is 0. The molecular formula is C16H13F2N. The Bertz CT molecular complexity index is 624. The first-order valence-corrected chi connectivity index (χ1v) is 5.91. The van der Waals surface area contributed by atoms with E-state index in [1.165, 1.54) is 12.1 Å². The molecule has 96 valence electrons. The zero-order valence-electron chi connectivity index (χ0n) is 10.5. The van der Waals surface area contributed by atoms with Crippen molar-refractivity contribution in [2.75, 3.05) is 11.9 Å². The van der Waals surface area contributed by atoms with Crippen LogP contribution in [0.4, 0.5) is 14.5 Å². The number of nitrogens with one attached hydrogen (secondary N) is 1. The molecule has 0 atom stereocenters. The van der Waals surface area contributed by atoms with Crippen molar-refractivity contribution in [3.63, 3.8) is 0 Å². The highest BCUT2D eigenvalue weighted by molar-refractivity contribution is 5.50. The summed E-state index contributed by atoms with van der Waals surface area (Å²) in [5.41, 5.74) is 1.15. The zero-order valence-corrected chi connectivity index (χ0v) is 10.5. The van der Waals surface area contributed by atoms with E-state index in [0.717, 1.165) is 5.56 Å². The molecule has 0 saturated carbocycles. The summed E-state index contributed by atoms with van der Waals surface area (Å²) < 4.78 is 27.1. The van der Waals surface area contributed by atoms with E-state index in [4.69, 9.17) is 0 Å². The van der Waals surface area contributed by atoms with Crippen LogP contribution in [0, 0.1) is 30.4 Å². The van der Waals surface area contributed by atoms with E-state index >= 15 is 0 Å².